The van der Waals surface area contributed by atoms with E-state index in [0.29, 0.717) is 22.8 Å². The van der Waals surface area contributed by atoms with Crippen LogP contribution in [0.3, 0.4) is 0 Å². The highest BCUT2D eigenvalue weighted by Gasteiger charge is 2.46. The van der Waals surface area contributed by atoms with Crippen LogP contribution in [0.25, 0.3) is 11.1 Å². The van der Waals surface area contributed by atoms with E-state index in [1.54, 1.807) is 24.3 Å². The third-order valence-electron chi connectivity index (χ3n) is 6.22. The highest BCUT2D eigenvalue weighted by molar-refractivity contribution is 7.93. The molecule has 2 aromatic carbocycles. The van der Waals surface area contributed by atoms with Gasteiger partial charge in [0.05, 0.1) is 24.5 Å². The molecule has 2 aromatic rings. The van der Waals surface area contributed by atoms with Crippen molar-refractivity contribution in [2.24, 2.45) is 0 Å². The molecule has 0 aromatic heterocycles. The topological polar surface area (TPSA) is 110 Å². The molecule has 40 heavy (non-hydrogen) atoms. The van der Waals surface area contributed by atoms with Gasteiger partial charge in [0.15, 0.2) is 15.5 Å². The van der Waals surface area contributed by atoms with Crippen molar-refractivity contribution in [1.82, 2.24) is 9.62 Å². The molecule has 0 aliphatic carbocycles. The van der Waals surface area contributed by atoms with Gasteiger partial charge in [-0.25, -0.2) is 21.2 Å². The molecule has 3 rings (SSSR count). The van der Waals surface area contributed by atoms with E-state index < -0.39 is 76.0 Å². The number of alkyl halides is 4. The van der Waals surface area contributed by atoms with Crippen LogP contribution in [0.15, 0.2) is 58.8 Å². The fourth-order valence-electron chi connectivity index (χ4n) is 4.15. The number of benzene rings is 2. The van der Waals surface area contributed by atoms with E-state index in [2.05, 4.69) is 0 Å². The molecule has 1 heterocycles. The minimum atomic E-state index is -4.78. The number of rotatable bonds is 9. The number of carbonyl (C=O) groups is 1. The van der Waals surface area contributed by atoms with Crippen LogP contribution in [0, 0.1) is 0 Å². The summed E-state index contributed by atoms with van der Waals surface area (Å²) in [6.45, 7) is -0.882. The third kappa shape index (κ3) is 7.95. The van der Waals surface area contributed by atoms with Crippen LogP contribution < -0.4 is 10.1 Å². The summed E-state index contributed by atoms with van der Waals surface area (Å²) >= 11 is 6.31. The van der Waals surface area contributed by atoms with Gasteiger partial charge in [0.25, 0.3) is 5.91 Å². The molecule has 0 bridgehead atoms. The predicted octanol–water partition coefficient (Wildman–Crippen LogP) is 4.50. The van der Waals surface area contributed by atoms with Crippen molar-refractivity contribution < 1.29 is 43.9 Å². The highest BCUT2D eigenvalue weighted by atomic mass is 35.5. The molecule has 8 nitrogen and oxygen atoms in total. The maximum Gasteiger partial charge on any atom is 0.391 e. The lowest BCUT2D eigenvalue weighted by Gasteiger charge is -2.35. The number of sulfonamides is 1. The number of hydrogen-bond donors (Lipinski definition) is 1. The molecule has 220 valence electrons. The lowest BCUT2D eigenvalue weighted by Crippen LogP contribution is -2.54. The van der Waals surface area contributed by atoms with E-state index >= 15 is 4.39 Å². The van der Waals surface area contributed by atoms with Crippen molar-refractivity contribution in [3.05, 3.63) is 59.0 Å². The van der Waals surface area contributed by atoms with Crippen molar-refractivity contribution in [3.63, 3.8) is 0 Å². The first kappa shape index (κ1) is 31.8. The number of sulfone groups is 1. The summed E-state index contributed by atoms with van der Waals surface area (Å²) in [4.78, 5) is 12.5. The Morgan fingerprint density at radius 3 is 2.30 bits per heavy atom. The van der Waals surface area contributed by atoms with Crippen LogP contribution in [0.2, 0.25) is 5.02 Å². The monoisotopic (exact) mass is 626 g/mol. The van der Waals surface area contributed by atoms with Crippen molar-refractivity contribution in [2.75, 3.05) is 26.5 Å². The minimum Gasteiger partial charge on any atom is -0.497 e. The molecule has 1 fully saturated rings. The quantitative estimate of drug-likeness (QED) is 0.411. The smallest absolute Gasteiger partial charge is 0.391 e. The number of carbonyl (C=O) groups excluding carboxylic acids is 1. The molecule has 1 amide bonds. The summed E-state index contributed by atoms with van der Waals surface area (Å²) in [6, 6.07) is 8.98. The standard InChI is InChI=1S/C25H27ClF4N2O6S2/c1-38-18-7-8-22(20(15-18)19-5-3-4-6-21(19)26)40(36,37)32-12-10-24(27,11-13-32)23(33)31-17(16-25(28,29)30)9-14-39(2,34)35/h3-9,14-15,17H,10-13,16H2,1-2H3,(H,31,33)/b14-9-/t17-/m1/s1. The molecule has 1 atom stereocenters. The van der Waals surface area contributed by atoms with Crippen LogP contribution in [-0.4, -0.2) is 71.4 Å². The molecular weight excluding hydrogens is 600 g/mol. The molecule has 0 saturated carbocycles. The maximum atomic E-state index is 15.6. The van der Waals surface area contributed by atoms with Gasteiger partial charge in [0.1, 0.15) is 5.75 Å². The average molecular weight is 627 g/mol. The number of halogens is 5. The normalized spacial score (nSPS) is 17.5. The zero-order valence-corrected chi connectivity index (χ0v) is 23.8. The summed E-state index contributed by atoms with van der Waals surface area (Å²) in [7, 11) is -6.64. The van der Waals surface area contributed by atoms with E-state index in [-0.39, 0.29) is 15.5 Å². The fourth-order valence-corrected chi connectivity index (χ4v) is 6.49. The number of nitrogens with zero attached hydrogens (tertiary/aromatic N) is 1. The van der Waals surface area contributed by atoms with Gasteiger partial charge in [-0.15, -0.1) is 0 Å². The lowest BCUT2D eigenvalue weighted by molar-refractivity contribution is -0.144. The number of methoxy groups -OCH3 is 1. The highest BCUT2D eigenvalue weighted by Crippen LogP contribution is 2.38. The number of ether oxygens (including phenoxy) is 1. The Morgan fingerprint density at radius 1 is 1.12 bits per heavy atom. The van der Waals surface area contributed by atoms with Gasteiger partial charge in [-0.1, -0.05) is 35.9 Å². The van der Waals surface area contributed by atoms with Crippen LogP contribution in [0.4, 0.5) is 17.6 Å². The number of hydrogen-bond acceptors (Lipinski definition) is 6. The number of nitrogens with one attached hydrogen (secondary N) is 1. The zero-order chi connectivity index (χ0) is 29.9. The van der Waals surface area contributed by atoms with Gasteiger partial charge < -0.3 is 10.1 Å². The van der Waals surface area contributed by atoms with Crippen LogP contribution >= 0.6 is 11.6 Å². The summed E-state index contributed by atoms with van der Waals surface area (Å²) in [6.07, 6.45) is -6.29. The largest absolute Gasteiger partial charge is 0.497 e. The second-order valence-corrected chi connectivity index (χ2v) is 13.5. The van der Waals surface area contributed by atoms with E-state index in [1.165, 1.54) is 25.3 Å². The van der Waals surface area contributed by atoms with Gasteiger partial charge in [-0.2, -0.15) is 17.5 Å². The Morgan fingerprint density at radius 2 is 1.75 bits per heavy atom. The van der Waals surface area contributed by atoms with Crippen LogP contribution in [0.1, 0.15) is 19.3 Å². The number of piperidine rings is 1. The second-order valence-electron chi connectivity index (χ2n) is 9.27. The molecular formula is C25H27ClF4N2O6S2. The van der Waals surface area contributed by atoms with Gasteiger partial charge in [-0.3, -0.25) is 4.79 Å². The summed E-state index contributed by atoms with van der Waals surface area (Å²) in [5.41, 5.74) is -2.02. The Hall–Kier alpha value is -2.68. The molecule has 0 unspecified atom stereocenters. The van der Waals surface area contributed by atoms with Crippen molar-refractivity contribution in [2.45, 2.75) is 42.0 Å². The second kappa shape index (κ2) is 12.0. The van der Waals surface area contributed by atoms with Gasteiger partial charge in [0.2, 0.25) is 10.0 Å². The SMILES string of the molecule is COc1ccc(S(=O)(=O)N2CCC(F)(C(=O)N[C@H](/C=C\S(C)(=O)=O)CC(F)(F)F)CC2)c(-c2ccccc2Cl)c1. The first-order valence-corrected chi connectivity index (χ1v) is 15.6. The van der Waals surface area contributed by atoms with Crippen LogP contribution in [-0.2, 0) is 24.7 Å². The third-order valence-corrected chi connectivity index (χ3v) is 9.15. The Labute approximate surface area is 234 Å². The molecule has 1 aliphatic heterocycles. The Bertz CT molecular complexity index is 1490. The lowest BCUT2D eigenvalue weighted by atomic mass is 9.93. The van der Waals surface area contributed by atoms with E-state index in [0.717, 1.165) is 10.6 Å². The maximum absolute atomic E-state index is 15.6. The van der Waals surface area contributed by atoms with Crippen LogP contribution in [0.5, 0.6) is 5.75 Å². The van der Waals surface area contributed by atoms with Gasteiger partial charge in [-0.05, 0) is 24.3 Å². The summed E-state index contributed by atoms with van der Waals surface area (Å²) in [5.74, 6) is -1.02. The van der Waals surface area contributed by atoms with Crippen molar-refractivity contribution in [1.29, 1.82) is 0 Å². The minimum absolute atomic E-state index is 0.131. The molecule has 0 radical (unpaired) electrons. The summed E-state index contributed by atoms with van der Waals surface area (Å²) in [5, 5.41) is 2.69. The first-order chi connectivity index (χ1) is 18.4. The molecule has 1 N–H and O–H groups in total. The molecule has 1 saturated heterocycles. The average Bonchev–Trinajstić information content (AvgIpc) is 2.86. The number of amides is 1. The Balaban J connectivity index is 1.83. The fraction of sp³-hybridized carbons (Fsp3) is 0.400. The Kier molecular flexibility index (Phi) is 9.59. The van der Waals surface area contributed by atoms with E-state index in [4.69, 9.17) is 16.3 Å². The zero-order valence-electron chi connectivity index (χ0n) is 21.4. The van der Waals surface area contributed by atoms with E-state index in [9.17, 15) is 34.8 Å². The van der Waals surface area contributed by atoms with Gasteiger partial charge >= 0.3 is 6.18 Å². The molecule has 15 heteroatoms. The van der Waals surface area contributed by atoms with Crippen molar-refractivity contribution in [3.8, 4) is 16.9 Å². The molecule has 1 aliphatic rings. The van der Waals surface area contributed by atoms with Crippen molar-refractivity contribution >= 4 is 37.4 Å². The van der Waals surface area contributed by atoms with Gasteiger partial charge in [0, 0.05) is 53.7 Å². The molecule has 0 spiro atoms. The predicted molar refractivity (Wildman–Crippen MR) is 142 cm³/mol. The van der Waals surface area contributed by atoms with E-state index in [1.807, 2.05) is 5.32 Å². The summed E-state index contributed by atoms with van der Waals surface area (Å²) < 4.78 is 111. The first-order valence-electron chi connectivity index (χ1n) is 11.8.